The van der Waals surface area contributed by atoms with Gasteiger partial charge in [-0.1, -0.05) is 6.42 Å². The van der Waals surface area contributed by atoms with Gasteiger partial charge in [-0.05, 0) is 26.3 Å². The maximum absolute atomic E-state index is 12.2. The molecule has 5 heteroatoms. The predicted molar refractivity (Wildman–Crippen MR) is 48.1 cm³/mol. The van der Waals surface area contributed by atoms with Crippen LogP contribution in [0.2, 0.25) is 0 Å². The van der Waals surface area contributed by atoms with Gasteiger partial charge < -0.3 is 5.32 Å². The number of rotatable bonds is 1. The van der Waals surface area contributed by atoms with Gasteiger partial charge in [-0.3, -0.25) is 0 Å². The van der Waals surface area contributed by atoms with Crippen molar-refractivity contribution in [2.75, 3.05) is 7.05 Å². The maximum Gasteiger partial charge on any atom is 0.391 e. The molecule has 2 atom stereocenters. The van der Waals surface area contributed by atoms with Crippen LogP contribution in [0, 0.1) is 5.92 Å². The van der Waals surface area contributed by atoms with E-state index in [2.05, 4.69) is 5.32 Å². The molecule has 2 unspecified atom stereocenters. The lowest BCUT2D eigenvalue weighted by molar-refractivity contribution is -0.183. The number of halogens is 4. The molecule has 0 spiro atoms. The fourth-order valence-electron chi connectivity index (χ4n) is 1.75. The van der Waals surface area contributed by atoms with Crippen LogP contribution in [0.25, 0.3) is 0 Å². The summed E-state index contributed by atoms with van der Waals surface area (Å²) in [5, 5.41) is 2.91. The molecule has 0 aromatic heterocycles. The molecule has 0 aliphatic heterocycles. The average molecular weight is 218 g/mol. The first-order valence-electron chi connectivity index (χ1n) is 4.28. The van der Waals surface area contributed by atoms with Crippen molar-refractivity contribution in [1.29, 1.82) is 0 Å². The first-order chi connectivity index (χ1) is 5.54. The smallest absolute Gasteiger partial charge is 0.317 e. The molecule has 0 heterocycles. The maximum atomic E-state index is 12.2. The van der Waals surface area contributed by atoms with Crippen molar-refractivity contribution in [2.45, 2.75) is 37.9 Å². The van der Waals surface area contributed by atoms with Gasteiger partial charge in [0.05, 0.1) is 5.92 Å². The molecule has 0 amide bonds. The van der Waals surface area contributed by atoms with Crippen molar-refractivity contribution in [3.8, 4) is 0 Å². The molecule has 1 rings (SSSR count). The molecular formula is C8H15ClF3N. The average Bonchev–Trinajstić information content (AvgIpc) is 2.03. The Kier molecular flexibility index (Phi) is 5.07. The lowest BCUT2D eigenvalue weighted by Gasteiger charge is -2.30. The van der Waals surface area contributed by atoms with Crippen LogP contribution in [0.3, 0.4) is 0 Å². The van der Waals surface area contributed by atoms with E-state index < -0.39 is 12.1 Å². The zero-order chi connectivity index (χ0) is 9.19. The zero-order valence-corrected chi connectivity index (χ0v) is 8.34. The Hall–Kier alpha value is 0.0400. The third-order valence-electron chi connectivity index (χ3n) is 2.55. The summed E-state index contributed by atoms with van der Waals surface area (Å²) in [6.45, 7) is 0. The molecule has 0 bridgehead atoms. The van der Waals surface area contributed by atoms with Gasteiger partial charge in [0, 0.05) is 6.04 Å². The van der Waals surface area contributed by atoms with Crippen molar-refractivity contribution in [3.63, 3.8) is 0 Å². The zero-order valence-electron chi connectivity index (χ0n) is 7.53. The minimum Gasteiger partial charge on any atom is -0.317 e. The van der Waals surface area contributed by atoms with Crippen molar-refractivity contribution in [1.82, 2.24) is 5.32 Å². The van der Waals surface area contributed by atoms with Gasteiger partial charge >= 0.3 is 6.18 Å². The van der Waals surface area contributed by atoms with Crippen LogP contribution in [0.15, 0.2) is 0 Å². The molecular weight excluding hydrogens is 203 g/mol. The van der Waals surface area contributed by atoms with Crippen LogP contribution >= 0.6 is 12.4 Å². The Bertz CT molecular complexity index is 149. The molecule has 80 valence electrons. The quantitative estimate of drug-likeness (QED) is 0.712. The number of hydrogen-bond acceptors (Lipinski definition) is 1. The monoisotopic (exact) mass is 217 g/mol. The molecule has 0 aromatic rings. The minimum atomic E-state index is -3.99. The Morgan fingerprint density at radius 3 is 2.31 bits per heavy atom. The van der Waals surface area contributed by atoms with E-state index in [-0.39, 0.29) is 24.9 Å². The summed E-state index contributed by atoms with van der Waals surface area (Å²) in [4.78, 5) is 0. The molecule has 0 saturated heterocycles. The summed E-state index contributed by atoms with van der Waals surface area (Å²) in [7, 11) is 1.73. The number of hydrogen-bond donors (Lipinski definition) is 1. The van der Waals surface area contributed by atoms with Gasteiger partial charge in [0.25, 0.3) is 0 Å². The van der Waals surface area contributed by atoms with Crippen molar-refractivity contribution in [2.24, 2.45) is 5.92 Å². The van der Waals surface area contributed by atoms with Crippen molar-refractivity contribution < 1.29 is 13.2 Å². The fourth-order valence-corrected chi connectivity index (χ4v) is 1.75. The molecule has 1 nitrogen and oxygen atoms in total. The van der Waals surface area contributed by atoms with Gasteiger partial charge in [-0.15, -0.1) is 12.4 Å². The van der Waals surface area contributed by atoms with E-state index in [9.17, 15) is 13.2 Å². The van der Waals surface area contributed by atoms with Crippen LogP contribution in [-0.2, 0) is 0 Å². The number of nitrogens with one attached hydrogen (secondary N) is 1. The first kappa shape index (κ1) is 13.0. The largest absolute Gasteiger partial charge is 0.391 e. The van der Waals surface area contributed by atoms with E-state index in [0.29, 0.717) is 12.8 Å². The highest BCUT2D eigenvalue weighted by atomic mass is 35.5. The number of alkyl halides is 3. The van der Waals surface area contributed by atoms with Gasteiger partial charge in [0.15, 0.2) is 0 Å². The fraction of sp³-hybridized carbons (Fsp3) is 1.00. The first-order valence-corrected chi connectivity index (χ1v) is 4.28. The molecule has 1 aliphatic carbocycles. The molecule has 1 saturated carbocycles. The van der Waals surface area contributed by atoms with E-state index in [1.807, 2.05) is 0 Å². The Morgan fingerprint density at radius 2 is 1.85 bits per heavy atom. The standard InChI is InChI=1S/C8H14F3N.ClH/c1-12-7-4-2-3-6(5-7)8(9,10)11;/h6-7,12H,2-5H2,1H3;1H. The lowest BCUT2D eigenvalue weighted by atomic mass is 9.85. The molecule has 0 radical (unpaired) electrons. The molecule has 0 aromatic carbocycles. The second-order valence-corrected chi connectivity index (χ2v) is 3.39. The van der Waals surface area contributed by atoms with E-state index in [0.717, 1.165) is 6.42 Å². The lowest BCUT2D eigenvalue weighted by Crippen LogP contribution is -2.36. The summed E-state index contributed by atoms with van der Waals surface area (Å²) in [6, 6.07) is 0.0605. The van der Waals surface area contributed by atoms with Gasteiger partial charge in [0.1, 0.15) is 0 Å². The van der Waals surface area contributed by atoms with Crippen LogP contribution in [0.5, 0.6) is 0 Å². The Labute approximate surface area is 82.5 Å². The van der Waals surface area contributed by atoms with E-state index in [4.69, 9.17) is 0 Å². The van der Waals surface area contributed by atoms with Crippen molar-refractivity contribution >= 4 is 12.4 Å². The molecule has 1 fully saturated rings. The van der Waals surface area contributed by atoms with E-state index >= 15 is 0 Å². The van der Waals surface area contributed by atoms with Gasteiger partial charge in [-0.25, -0.2) is 0 Å². The minimum absolute atomic E-state index is 0. The van der Waals surface area contributed by atoms with E-state index in [1.54, 1.807) is 7.05 Å². The third-order valence-corrected chi connectivity index (χ3v) is 2.55. The highest BCUT2D eigenvalue weighted by Gasteiger charge is 2.41. The highest BCUT2D eigenvalue weighted by molar-refractivity contribution is 5.85. The summed E-state index contributed by atoms with van der Waals surface area (Å²) >= 11 is 0. The normalized spacial score (nSPS) is 29.5. The van der Waals surface area contributed by atoms with Crippen LogP contribution in [0.4, 0.5) is 13.2 Å². The molecule has 13 heavy (non-hydrogen) atoms. The molecule has 1 aliphatic rings. The van der Waals surface area contributed by atoms with E-state index in [1.165, 1.54) is 0 Å². The van der Waals surface area contributed by atoms with Crippen LogP contribution in [0.1, 0.15) is 25.7 Å². The summed E-state index contributed by atoms with van der Waals surface area (Å²) in [6.07, 6.45) is -1.87. The summed E-state index contributed by atoms with van der Waals surface area (Å²) in [5.41, 5.74) is 0. The Balaban J connectivity index is 0.00000144. The highest BCUT2D eigenvalue weighted by Crippen LogP contribution is 2.37. The second-order valence-electron chi connectivity index (χ2n) is 3.39. The summed E-state index contributed by atoms with van der Waals surface area (Å²) < 4.78 is 36.7. The van der Waals surface area contributed by atoms with Gasteiger partial charge in [0.2, 0.25) is 0 Å². The van der Waals surface area contributed by atoms with Crippen LogP contribution < -0.4 is 5.32 Å². The SMILES string of the molecule is CNC1CCCC(C(F)(F)F)C1.Cl. The van der Waals surface area contributed by atoms with Crippen LogP contribution in [-0.4, -0.2) is 19.3 Å². The predicted octanol–water partition coefficient (Wildman–Crippen LogP) is 2.75. The Morgan fingerprint density at radius 1 is 1.23 bits per heavy atom. The molecule has 1 N–H and O–H groups in total. The summed E-state index contributed by atoms with van der Waals surface area (Å²) in [5.74, 6) is -1.08. The van der Waals surface area contributed by atoms with Crippen molar-refractivity contribution in [3.05, 3.63) is 0 Å². The van der Waals surface area contributed by atoms with Gasteiger partial charge in [-0.2, -0.15) is 13.2 Å². The third kappa shape index (κ3) is 3.73. The topological polar surface area (TPSA) is 12.0 Å². The second kappa shape index (κ2) is 5.05.